The van der Waals surface area contributed by atoms with Gasteiger partial charge in [0.05, 0.1) is 0 Å². The Labute approximate surface area is 162 Å². The van der Waals surface area contributed by atoms with Gasteiger partial charge < -0.3 is 10.1 Å². The summed E-state index contributed by atoms with van der Waals surface area (Å²) in [7, 11) is 0. The summed E-state index contributed by atoms with van der Waals surface area (Å²) in [6.45, 7) is 0.450. The van der Waals surface area contributed by atoms with E-state index in [0.29, 0.717) is 19.0 Å². The van der Waals surface area contributed by atoms with Crippen molar-refractivity contribution in [1.29, 1.82) is 0 Å². The minimum atomic E-state index is -0.388. The Morgan fingerprint density at radius 1 is 1.07 bits per heavy atom. The van der Waals surface area contributed by atoms with Gasteiger partial charge in [0.15, 0.2) is 5.78 Å². The summed E-state index contributed by atoms with van der Waals surface area (Å²) in [5.41, 5.74) is 3.62. The van der Waals surface area contributed by atoms with E-state index in [1.807, 2.05) is 54.6 Å². The van der Waals surface area contributed by atoms with Gasteiger partial charge in [-0.3, -0.25) is 4.79 Å². The van der Waals surface area contributed by atoms with E-state index < -0.39 is 0 Å². The molecule has 5 rings (SSSR count). The third-order valence-electron chi connectivity index (χ3n) is 5.18. The molecule has 1 aromatic heterocycles. The SMILES string of the molecule is O=C1CCCC2=C1[C@H](c1ccccc1OCc1ccccc1)n1nnnc1N2. The highest BCUT2D eigenvalue weighted by atomic mass is 16.5. The van der Waals surface area contributed by atoms with Crippen LogP contribution in [0.1, 0.15) is 36.4 Å². The lowest BCUT2D eigenvalue weighted by Crippen LogP contribution is -2.31. The lowest BCUT2D eigenvalue weighted by atomic mass is 9.85. The van der Waals surface area contributed by atoms with Crippen LogP contribution < -0.4 is 10.1 Å². The van der Waals surface area contributed by atoms with Crippen molar-refractivity contribution in [3.05, 3.63) is 77.0 Å². The van der Waals surface area contributed by atoms with E-state index in [4.69, 9.17) is 4.74 Å². The number of fused-ring (bicyclic) bond motifs is 1. The summed E-state index contributed by atoms with van der Waals surface area (Å²) in [6, 6.07) is 17.4. The molecule has 7 nitrogen and oxygen atoms in total. The summed E-state index contributed by atoms with van der Waals surface area (Å²) in [5.74, 6) is 1.42. The Balaban J connectivity index is 1.56. The number of aromatic nitrogens is 4. The molecule has 1 aliphatic heterocycles. The van der Waals surface area contributed by atoms with Crippen molar-refractivity contribution in [2.75, 3.05) is 5.32 Å². The Kier molecular flexibility index (Phi) is 4.12. The molecular weight excluding hydrogens is 354 g/mol. The molecule has 2 aliphatic rings. The number of tetrazole rings is 1. The van der Waals surface area contributed by atoms with Crippen LogP contribution in [0.2, 0.25) is 0 Å². The molecule has 7 heteroatoms. The second-order valence-corrected chi connectivity index (χ2v) is 6.96. The smallest absolute Gasteiger partial charge is 0.248 e. The largest absolute Gasteiger partial charge is 0.489 e. The number of ether oxygens (including phenoxy) is 1. The predicted octanol–water partition coefficient (Wildman–Crippen LogP) is 3.27. The second kappa shape index (κ2) is 6.92. The Morgan fingerprint density at radius 2 is 1.89 bits per heavy atom. The standard InChI is InChI=1S/C21H19N5O2/c27-17-11-6-10-16-19(17)20(26-21(22-16)23-24-25-26)15-9-4-5-12-18(15)28-13-14-7-2-1-3-8-14/h1-5,7-9,12,20H,6,10-11,13H2,(H,22,23,25)/t20-/m0/s1. The number of anilines is 1. The van der Waals surface area contributed by atoms with Gasteiger partial charge >= 0.3 is 0 Å². The van der Waals surface area contributed by atoms with E-state index in [2.05, 4.69) is 20.8 Å². The van der Waals surface area contributed by atoms with Crippen molar-refractivity contribution in [3.8, 4) is 5.75 Å². The van der Waals surface area contributed by atoms with E-state index in [0.717, 1.165) is 41.0 Å². The van der Waals surface area contributed by atoms with Crippen LogP contribution in [-0.4, -0.2) is 26.0 Å². The molecule has 0 radical (unpaired) electrons. The van der Waals surface area contributed by atoms with Crippen molar-refractivity contribution in [2.45, 2.75) is 31.9 Å². The molecule has 0 fully saturated rings. The molecule has 1 N–H and O–H groups in total. The minimum Gasteiger partial charge on any atom is -0.489 e. The zero-order chi connectivity index (χ0) is 18.9. The van der Waals surface area contributed by atoms with Crippen LogP contribution >= 0.6 is 0 Å². The third kappa shape index (κ3) is 2.85. The molecule has 0 unspecified atom stereocenters. The first-order valence-electron chi connectivity index (χ1n) is 9.38. The Morgan fingerprint density at radius 3 is 2.79 bits per heavy atom. The van der Waals surface area contributed by atoms with Gasteiger partial charge in [-0.25, -0.2) is 0 Å². The normalized spacial score (nSPS) is 18.3. The van der Waals surface area contributed by atoms with Gasteiger partial charge in [-0.1, -0.05) is 53.6 Å². The Bertz CT molecular complexity index is 1060. The van der Waals surface area contributed by atoms with Gasteiger partial charge in [0.25, 0.3) is 0 Å². The Hall–Kier alpha value is -3.48. The van der Waals surface area contributed by atoms with Crippen LogP contribution in [-0.2, 0) is 11.4 Å². The zero-order valence-electron chi connectivity index (χ0n) is 15.2. The maximum Gasteiger partial charge on any atom is 0.248 e. The first-order valence-corrected chi connectivity index (χ1v) is 9.38. The molecule has 140 valence electrons. The number of hydrogen-bond acceptors (Lipinski definition) is 6. The predicted molar refractivity (Wildman–Crippen MR) is 103 cm³/mol. The number of nitrogens with one attached hydrogen (secondary N) is 1. The first-order chi connectivity index (χ1) is 13.8. The fourth-order valence-electron chi connectivity index (χ4n) is 3.88. The molecule has 28 heavy (non-hydrogen) atoms. The number of benzene rings is 2. The molecule has 3 aromatic rings. The van der Waals surface area contributed by atoms with E-state index >= 15 is 0 Å². The second-order valence-electron chi connectivity index (χ2n) is 6.96. The summed E-state index contributed by atoms with van der Waals surface area (Å²) in [6.07, 6.45) is 2.20. The van der Waals surface area contributed by atoms with Gasteiger partial charge in [0.1, 0.15) is 18.4 Å². The average molecular weight is 373 g/mol. The third-order valence-corrected chi connectivity index (χ3v) is 5.18. The molecule has 2 aromatic carbocycles. The molecule has 0 amide bonds. The quantitative estimate of drug-likeness (QED) is 0.756. The monoisotopic (exact) mass is 373 g/mol. The van der Waals surface area contributed by atoms with Crippen molar-refractivity contribution >= 4 is 11.7 Å². The number of Topliss-reactive ketones (excluding diaryl/α,β-unsaturated/α-hetero) is 1. The number of hydrogen-bond donors (Lipinski definition) is 1. The number of rotatable bonds is 4. The average Bonchev–Trinajstić information content (AvgIpc) is 3.20. The maximum absolute atomic E-state index is 12.8. The summed E-state index contributed by atoms with van der Waals surface area (Å²) in [5, 5.41) is 15.3. The summed E-state index contributed by atoms with van der Waals surface area (Å²) in [4.78, 5) is 12.8. The lowest BCUT2D eigenvalue weighted by molar-refractivity contribution is -0.116. The lowest BCUT2D eigenvalue weighted by Gasteiger charge is -2.32. The highest BCUT2D eigenvalue weighted by molar-refractivity contribution is 5.99. The van der Waals surface area contributed by atoms with E-state index in [1.54, 1.807) is 4.68 Å². The number of allylic oxidation sites excluding steroid dienone is 2. The van der Waals surface area contributed by atoms with E-state index in [9.17, 15) is 4.79 Å². The fraction of sp³-hybridized carbons (Fsp3) is 0.238. The summed E-state index contributed by atoms with van der Waals surface area (Å²) < 4.78 is 7.82. The van der Waals surface area contributed by atoms with Crippen LogP contribution in [0.4, 0.5) is 5.95 Å². The summed E-state index contributed by atoms with van der Waals surface area (Å²) >= 11 is 0. The zero-order valence-corrected chi connectivity index (χ0v) is 15.2. The number of nitrogens with zero attached hydrogens (tertiary/aromatic N) is 4. The van der Waals surface area contributed by atoms with Crippen molar-refractivity contribution in [1.82, 2.24) is 20.2 Å². The van der Waals surface area contributed by atoms with E-state index in [-0.39, 0.29) is 11.8 Å². The van der Waals surface area contributed by atoms with Crippen molar-refractivity contribution in [3.63, 3.8) is 0 Å². The number of para-hydroxylation sites is 1. The van der Waals surface area contributed by atoms with Crippen LogP contribution in [0.25, 0.3) is 0 Å². The molecule has 2 heterocycles. The van der Waals surface area contributed by atoms with E-state index in [1.165, 1.54) is 0 Å². The van der Waals surface area contributed by atoms with Gasteiger partial charge in [0, 0.05) is 23.3 Å². The molecule has 1 aliphatic carbocycles. The van der Waals surface area contributed by atoms with Gasteiger partial charge in [0.2, 0.25) is 5.95 Å². The van der Waals surface area contributed by atoms with Gasteiger partial charge in [-0.05, 0) is 34.9 Å². The number of carbonyl (C=O) groups is 1. The molecule has 0 saturated carbocycles. The van der Waals surface area contributed by atoms with Crippen LogP contribution in [0.5, 0.6) is 5.75 Å². The highest BCUT2D eigenvalue weighted by Gasteiger charge is 2.37. The van der Waals surface area contributed by atoms with Crippen molar-refractivity contribution < 1.29 is 9.53 Å². The number of ketones is 1. The molecule has 1 atom stereocenters. The number of carbonyl (C=O) groups excluding carboxylic acids is 1. The first kappa shape index (κ1) is 16.7. The molecule has 0 bridgehead atoms. The highest BCUT2D eigenvalue weighted by Crippen LogP contribution is 2.42. The molecule has 0 saturated heterocycles. The fourth-order valence-corrected chi connectivity index (χ4v) is 3.88. The molecular formula is C21H19N5O2. The van der Waals surface area contributed by atoms with Crippen molar-refractivity contribution in [2.24, 2.45) is 0 Å². The van der Waals surface area contributed by atoms with Gasteiger partial charge in [-0.2, -0.15) is 4.68 Å². The topological polar surface area (TPSA) is 81.9 Å². The minimum absolute atomic E-state index is 0.137. The van der Waals surface area contributed by atoms with Crippen LogP contribution in [0.15, 0.2) is 65.9 Å². The maximum atomic E-state index is 12.8. The van der Waals surface area contributed by atoms with Gasteiger partial charge in [-0.15, -0.1) is 0 Å². The molecule has 0 spiro atoms. The van der Waals surface area contributed by atoms with Crippen LogP contribution in [0, 0.1) is 0 Å². The van der Waals surface area contributed by atoms with Crippen LogP contribution in [0.3, 0.4) is 0 Å².